The van der Waals surface area contributed by atoms with Gasteiger partial charge in [0.2, 0.25) is 5.91 Å². The molecule has 5 heteroatoms. The van der Waals surface area contributed by atoms with Crippen LogP contribution in [0.5, 0.6) is 11.5 Å². The van der Waals surface area contributed by atoms with E-state index in [4.69, 9.17) is 9.47 Å². The second-order valence-electron chi connectivity index (χ2n) is 5.82. The van der Waals surface area contributed by atoms with Crippen LogP contribution in [0.2, 0.25) is 0 Å². The summed E-state index contributed by atoms with van der Waals surface area (Å²) in [4.78, 5) is 14.4. The number of ether oxygens (including phenoxy) is 2. The number of anilines is 1. The van der Waals surface area contributed by atoms with Gasteiger partial charge in [-0.1, -0.05) is 19.3 Å². The molecule has 1 aromatic carbocycles. The molecule has 1 aromatic rings. The van der Waals surface area contributed by atoms with Gasteiger partial charge in [0.25, 0.3) is 0 Å². The maximum atomic E-state index is 12.3. The minimum Gasteiger partial charge on any atom is -0.497 e. The Morgan fingerprint density at radius 3 is 2.59 bits per heavy atom. The molecule has 0 saturated heterocycles. The van der Waals surface area contributed by atoms with Gasteiger partial charge in [-0.25, -0.2) is 0 Å². The van der Waals surface area contributed by atoms with Crippen molar-refractivity contribution >= 4 is 11.6 Å². The SMILES string of the molecule is COc1ccc(OC)c(NC(=O)CN(C)C2CCCCC2)c1. The number of carbonyl (C=O) groups is 1. The summed E-state index contributed by atoms with van der Waals surface area (Å²) in [6.07, 6.45) is 6.22. The molecule has 0 bridgehead atoms. The first-order valence-corrected chi connectivity index (χ1v) is 7.86. The van der Waals surface area contributed by atoms with Crippen molar-refractivity contribution in [1.82, 2.24) is 4.90 Å². The lowest BCUT2D eigenvalue weighted by atomic mass is 9.94. The molecule has 1 aliphatic rings. The molecule has 1 saturated carbocycles. The fourth-order valence-corrected chi connectivity index (χ4v) is 2.98. The van der Waals surface area contributed by atoms with Crippen LogP contribution < -0.4 is 14.8 Å². The average molecular weight is 306 g/mol. The van der Waals surface area contributed by atoms with E-state index in [9.17, 15) is 4.79 Å². The van der Waals surface area contributed by atoms with E-state index in [1.165, 1.54) is 32.1 Å². The Morgan fingerprint density at radius 1 is 1.23 bits per heavy atom. The van der Waals surface area contributed by atoms with Gasteiger partial charge in [0.1, 0.15) is 11.5 Å². The number of nitrogens with one attached hydrogen (secondary N) is 1. The number of amides is 1. The third-order valence-corrected chi connectivity index (χ3v) is 4.27. The molecule has 1 aliphatic carbocycles. The zero-order valence-electron chi connectivity index (χ0n) is 13.7. The van der Waals surface area contributed by atoms with E-state index in [1.54, 1.807) is 26.4 Å². The van der Waals surface area contributed by atoms with Crippen molar-refractivity contribution in [3.05, 3.63) is 18.2 Å². The van der Waals surface area contributed by atoms with Gasteiger partial charge in [-0.2, -0.15) is 0 Å². The zero-order valence-corrected chi connectivity index (χ0v) is 13.7. The van der Waals surface area contributed by atoms with Gasteiger partial charge < -0.3 is 14.8 Å². The van der Waals surface area contributed by atoms with Crippen molar-refractivity contribution in [2.24, 2.45) is 0 Å². The molecule has 1 fully saturated rings. The van der Waals surface area contributed by atoms with Gasteiger partial charge in [0.05, 0.1) is 26.5 Å². The van der Waals surface area contributed by atoms with E-state index in [2.05, 4.69) is 10.2 Å². The van der Waals surface area contributed by atoms with Crippen LogP contribution in [0.4, 0.5) is 5.69 Å². The number of nitrogens with zero attached hydrogens (tertiary/aromatic N) is 1. The second-order valence-corrected chi connectivity index (χ2v) is 5.82. The molecule has 0 aromatic heterocycles. The Kier molecular flexibility index (Phi) is 6.07. The molecule has 1 N–H and O–H groups in total. The number of hydrogen-bond donors (Lipinski definition) is 1. The van der Waals surface area contributed by atoms with Gasteiger partial charge in [-0.15, -0.1) is 0 Å². The predicted octanol–water partition coefficient (Wildman–Crippen LogP) is 2.91. The van der Waals surface area contributed by atoms with Gasteiger partial charge in [-0.3, -0.25) is 9.69 Å². The summed E-state index contributed by atoms with van der Waals surface area (Å²) in [7, 11) is 5.22. The standard InChI is InChI=1S/C17H26N2O3/c1-19(13-7-5-4-6-8-13)12-17(20)18-15-11-14(21-2)9-10-16(15)22-3/h9-11,13H,4-8,12H2,1-3H3,(H,18,20). The Bertz CT molecular complexity index is 499. The molecule has 0 aliphatic heterocycles. The maximum Gasteiger partial charge on any atom is 0.238 e. The van der Waals surface area contributed by atoms with Crippen LogP contribution in [0.3, 0.4) is 0 Å². The lowest BCUT2D eigenvalue weighted by Gasteiger charge is -2.30. The fraction of sp³-hybridized carbons (Fsp3) is 0.588. The highest BCUT2D eigenvalue weighted by molar-refractivity contribution is 5.94. The summed E-state index contributed by atoms with van der Waals surface area (Å²) in [5.41, 5.74) is 0.642. The monoisotopic (exact) mass is 306 g/mol. The van der Waals surface area contributed by atoms with Crippen molar-refractivity contribution in [3.63, 3.8) is 0 Å². The number of carbonyl (C=O) groups excluding carboxylic acids is 1. The third kappa shape index (κ3) is 4.37. The first kappa shape index (κ1) is 16.6. The molecule has 0 heterocycles. The summed E-state index contributed by atoms with van der Waals surface area (Å²) < 4.78 is 10.5. The highest BCUT2D eigenvalue weighted by Crippen LogP contribution is 2.29. The molecule has 5 nitrogen and oxygen atoms in total. The van der Waals surface area contributed by atoms with Crippen molar-refractivity contribution in [3.8, 4) is 11.5 Å². The number of likely N-dealkylation sites (N-methyl/N-ethyl adjacent to an activating group) is 1. The lowest BCUT2D eigenvalue weighted by Crippen LogP contribution is -2.39. The zero-order chi connectivity index (χ0) is 15.9. The predicted molar refractivity (Wildman–Crippen MR) is 87.7 cm³/mol. The third-order valence-electron chi connectivity index (χ3n) is 4.27. The Hall–Kier alpha value is -1.75. The van der Waals surface area contributed by atoms with Crippen LogP contribution >= 0.6 is 0 Å². The van der Waals surface area contributed by atoms with Crippen LogP contribution in [0.25, 0.3) is 0 Å². The highest BCUT2D eigenvalue weighted by atomic mass is 16.5. The molecule has 0 unspecified atom stereocenters. The largest absolute Gasteiger partial charge is 0.497 e. The second kappa shape index (κ2) is 8.03. The first-order chi connectivity index (χ1) is 10.6. The van der Waals surface area contributed by atoms with Crippen LogP contribution in [0.15, 0.2) is 18.2 Å². The van der Waals surface area contributed by atoms with E-state index in [0.717, 1.165) is 0 Å². The number of methoxy groups -OCH3 is 2. The summed E-state index contributed by atoms with van der Waals surface area (Å²) >= 11 is 0. The minimum absolute atomic E-state index is 0.0281. The van der Waals surface area contributed by atoms with E-state index >= 15 is 0 Å². The molecule has 1 amide bonds. The molecule has 22 heavy (non-hydrogen) atoms. The van der Waals surface area contributed by atoms with Gasteiger partial charge in [-0.05, 0) is 32.0 Å². The fourth-order valence-electron chi connectivity index (χ4n) is 2.98. The maximum absolute atomic E-state index is 12.3. The molecule has 0 atom stereocenters. The number of benzene rings is 1. The van der Waals surface area contributed by atoms with Crippen LogP contribution in [-0.4, -0.2) is 44.7 Å². The molecule has 0 spiro atoms. The van der Waals surface area contributed by atoms with Crippen LogP contribution in [0.1, 0.15) is 32.1 Å². The van der Waals surface area contributed by atoms with Crippen LogP contribution in [0, 0.1) is 0 Å². The minimum atomic E-state index is -0.0281. The van der Waals surface area contributed by atoms with Gasteiger partial charge in [0, 0.05) is 12.1 Å². The normalized spacial score (nSPS) is 15.6. The molecular weight excluding hydrogens is 280 g/mol. The van der Waals surface area contributed by atoms with E-state index in [1.807, 2.05) is 13.1 Å². The van der Waals surface area contributed by atoms with E-state index in [-0.39, 0.29) is 5.91 Å². The summed E-state index contributed by atoms with van der Waals surface area (Å²) in [5, 5.41) is 2.92. The van der Waals surface area contributed by atoms with Crippen molar-refractivity contribution in [2.75, 3.05) is 33.1 Å². The lowest BCUT2D eigenvalue weighted by molar-refractivity contribution is -0.117. The van der Waals surface area contributed by atoms with Gasteiger partial charge >= 0.3 is 0 Å². The average Bonchev–Trinajstić information content (AvgIpc) is 2.55. The Balaban J connectivity index is 1.96. The number of rotatable bonds is 6. The highest BCUT2D eigenvalue weighted by Gasteiger charge is 2.20. The van der Waals surface area contributed by atoms with E-state index < -0.39 is 0 Å². The topological polar surface area (TPSA) is 50.8 Å². The van der Waals surface area contributed by atoms with Crippen molar-refractivity contribution in [1.29, 1.82) is 0 Å². The Morgan fingerprint density at radius 2 is 1.95 bits per heavy atom. The van der Waals surface area contributed by atoms with Crippen LogP contribution in [-0.2, 0) is 4.79 Å². The summed E-state index contributed by atoms with van der Waals surface area (Å²) in [5.74, 6) is 1.30. The van der Waals surface area contributed by atoms with Crippen molar-refractivity contribution in [2.45, 2.75) is 38.1 Å². The molecule has 122 valence electrons. The number of hydrogen-bond acceptors (Lipinski definition) is 4. The first-order valence-electron chi connectivity index (χ1n) is 7.86. The molecule has 2 rings (SSSR count). The van der Waals surface area contributed by atoms with Gasteiger partial charge in [0.15, 0.2) is 0 Å². The summed E-state index contributed by atoms with van der Waals surface area (Å²) in [6.45, 7) is 0.394. The summed E-state index contributed by atoms with van der Waals surface area (Å²) in [6, 6.07) is 5.89. The van der Waals surface area contributed by atoms with Crippen molar-refractivity contribution < 1.29 is 14.3 Å². The molecule has 0 radical (unpaired) electrons. The quantitative estimate of drug-likeness (QED) is 0.878. The Labute approximate surface area is 132 Å². The molecular formula is C17H26N2O3. The van der Waals surface area contributed by atoms with E-state index in [0.29, 0.717) is 29.8 Å². The smallest absolute Gasteiger partial charge is 0.238 e.